The number of imide groups is 1. The third-order valence-electron chi connectivity index (χ3n) is 4.40. The molecule has 1 saturated heterocycles. The lowest BCUT2D eigenvalue weighted by atomic mass is 9.87. The number of carbonyl (C=O) groups excluding carboxylic acids is 3. The van der Waals surface area contributed by atoms with Crippen molar-refractivity contribution < 1.29 is 19.5 Å². The molecule has 0 radical (unpaired) electrons. The van der Waals surface area contributed by atoms with E-state index < -0.39 is 17.1 Å². The summed E-state index contributed by atoms with van der Waals surface area (Å²) in [6, 6.07) is 13.7. The van der Waals surface area contributed by atoms with E-state index in [1.165, 1.54) is 29.8 Å². The van der Waals surface area contributed by atoms with Gasteiger partial charge in [-0.3, -0.25) is 19.3 Å². The molecular weight excluding hydrogens is 388 g/mol. The fourth-order valence-electron chi connectivity index (χ4n) is 2.76. The zero-order chi connectivity index (χ0) is 21.2. The van der Waals surface area contributed by atoms with Gasteiger partial charge in [-0.1, -0.05) is 45.0 Å². The van der Waals surface area contributed by atoms with Crippen molar-refractivity contribution in [3.8, 4) is 5.75 Å². The molecule has 1 heterocycles. The molecule has 3 amide bonds. The molecule has 1 aliphatic rings. The lowest BCUT2D eigenvalue weighted by molar-refractivity contribution is -0.127. The highest BCUT2D eigenvalue weighted by molar-refractivity contribution is 8.18. The van der Waals surface area contributed by atoms with E-state index in [1.807, 2.05) is 24.3 Å². The summed E-state index contributed by atoms with van der Waals surface area (Å²) in [5.41, 5.74) is 2.49. The number of carbonyl (C=O) groups is 3. The molecule has 0 aromatic heterocycles. The standard InChI is InChI=1S/C22H22N2O4S/c1-22(2,3)15-6-4-14(5-7-15)12-18-20(27)24(21(28)29-18)13-19(26)23-16-8-10-17(25)11-9-16/h4-12,25H,13H2,1-3H3,(H,23,26)/b18-12-. The number of aromatic hydroxyl groups is 1. The fourth-order valence-corrected chi connectivity index (χ4v) is 3.59. The number of amides is 3. The zero-order valence-electron chi connectivity index (χ0n) is 16.4. The molecule has 0 atom stereocenters. The number of nitrogens with zero attached hydrogens (tertiary/aromatic N) is 1. The minimum atomic E-state index is -0.492. The van der Waals surface area contributed by atoms with Gasteiger partial charge in [0.25, 0.3) is 11.1 Å². The number of anilines is 1. The minimum Gasteiger partial charge on any atom is -0.508 e. The van der Waals surface area contributed by atoms with Crippen LogP contribution in [0.15, 0.2) is 53.4 Å². The van der Waals surface area contributed by atoms with Gasteiger partial charge in [-0.2, -0.15) is 0 Å². The number of hydrogen-bond donors (Lipinski definition) is 2. The Morgan fingerprint density at radius 1 is 1.07 bits per heavy atom. The molecule has 29 heavy (non-hydrogen) atoms. The maximum absolute atomic E-state index is 12.6. The van der Waals surface area contributed by atoms with Crippen LogP contribution in [0.5, 0.6) is 5.75 Å². The molecular formula is C22H22N2O4S. The van der Waals surface area contributed by atoms with E-state index in [2.05, 4.69) is 26.1 Å². The first-order valence-corrected chi connectivity index (χ1v) is 9.90. The summed E-state index contributed by atoms with van der Waals surface area (Å²) in [6.45, 7) is 6.00. The van der Waals surface area contributed by atoms with Crippen molar-refractivity contribution in [2.75, 3.05) is 11.9 Å². The number of rotatable bonds is 4. The molecule has 0 unspecified atom stereocenters. The van der Waals surface area contributed by atoms with Crippen LogP contribution in [0.4, 0.5) is 10.5 Å². The van der Waals surface area contributed by atoms with Crippen LogP contribution < -0.4 is 5.32 Å². The Balaban J connectivity index is 1.68. The summed E-state index contributed by atoms with van der Waals surface area (Å²) in [6.07, 6.45) is 1.66. The quantitative estimate of drug-likeness (QED) is 0.578. The maximum atomic E-state index is 12.6. The van der Waals surface area contributed by atoms with E-state index in [9.17, 15) is 19.5 Å². The highest BCUT2D eigenvalue weighted by Crippen LogP contribution is 2.32. The van der Waals surface area contributed by atoms with Gasteiger partial charge in [-0.15, -0.1) is 0 Å². The summed E-state index contributed by atoms with van der Waals surface area (Å²) in [7, 11) is 0. The molecule has 7 heteroatoms. The van der Waals surface area contributed by atoms with Crippen LogP contribution in [0.1, 0.15) is 31.9 Å². The molecule has 6 nitrogen and oxygen atoms in total. The predicted molar refractivity (Wildman–Crippen MR) is 115 cm³/mol. The number of phenolic OH excluding ortho intramolecular Hbond substituents is 1. The van der Waals surface area contributed by atoms with Crippen molar-refractivity contribution in [3.63, 3.8) is 0 Å². The predicted octanol–water partition coefficient (Wildman–Crippen LogP) is 4.36. The first kappa shape index (κ1) is 20.7. The highest BCUT2D eigenvalue weighted by atomic mass is 32.2. The van der Waals surface area contributed by atoms with Crippen LogP contribution >= 0.6 is 11.8 Å². The van der Waals surface area contributed by atoms with Crippen molar-refractivity contribution in [1.82, 2.24) is 4.90 Å². The summed E-state index contributed by atoms with van der Waals surface area (Å²) >= 11 is 0.822. The number of thioether (sulfide) groups is 1. The second-order valence-corrected chi connectivity index (χ2v) is 8.73. The van der Waals surface area contributed by atoms with Gasteiger partial charge in [-0.05, 0) is 58.6 Å². The van der Waals surface area contributed by atoms with Crippen molar-refractivity contribution in [1.29, 1.82) is 0 Å². The normalized spacial score (nSPS) is 15.8. The summed E-state index contributed by atoms with van der Waals surface area (Å²) in [5.74, 6) is -0.899. The molecule has 2 N–H and O–H groups in total. The van der Waals surface area contributed by atoms with Gasteiger partial charge in [-0.25, -0.2) is 0 Å². The van der Waals surface area contributed by atoms with Gasteiger partial charge in [0, 0.05) is 5.69 Å². The van der Waals surface area contributed by atoms with Gasteiger partial charge in [0.05, 0.1) is 4.91 Å². The monoisotopic (exact) mass is 410 g/mol. The van der Waals surface area contributed by atoms with Gasteiger partial charge in [0.2, 0.25) is 5.91 Å². The van der Waals surface area contributed by atoms with Crippen LogP contribution in [-0.4, -0.2) is 33.6 Å². The SMILES string of the molecule is CC(C)(C)c1ccc(/C=C2\SC(=O)N(CC(=O)Nc3ccc(O)cc3)C2=O)cc1. The van der Waals surface area contributed by atoms with E-state index in [4.69, 9.17) is 0 Å². The van der Waals surface area contributed by atoms with Crippen LogP contribution in [0.3, 0.4) is 0 Å². The van der Waals surface area contributed by atoms with Gasteiger partial charge >= 0.3 is 0 Å². The highest BCUT2D eigenvalue weighted by Gasteiger charge is 2.36. The minimum absolute atomic E-state index is 0.0290. The Labute approximate surface area is 173 Å². The average molecular weight is 410 g/mol. The number of phenols is 1. The van der Waals surface area contributed by atoms with Crippen molar-refractivity contribution in [2.24, 2.45) is 0 Å². The lowest BCUT2D eigenvalue weighted by Crippen LogP contribution is -2.36. The third-order valence-corrected chi connectivity index (χ3v) is 5.31. The lowest BCUT2D eigenvalue weighted by Gasteiger charge is -2.18. The van der Waals surface area contributed by atoms with E-state index in [1.54, 1.807) is 6.08 Å². The van der Waals surface area contributed by atoms with E-state index in [0.29, 0.717) is 5.69 Å². The number of hydrogen-bond acceptors (Lipinski definition) is 5. The Hall–Kier alpha value is -3.06. The smallest absolute Gasteiger partial charge is 0.294 e. The van der Waals surface area contributed by atoms with Gasteiger partial charge < -0.3 is 10.4 Å². The van der Waals surface area contributed by atoms with E-state index in [0.717, 1.165) is 22.2 Å². The van der Waals surface area contributed by atoms with Crippen molar-refractivity contribution in [2.45, 2.75) is 26.2 Å². The first-order chi connectivity index (χ1) is 13.6. The largest absolute Gasteiger partial charge is 0.508 e. The second kappa shape index (κ2) is 8.13. The topological polar surface area (TPSA) is 86.7 Å². The van der Waals surface area contributed by atoms with E-state index >= 15 is 0 Å². The molecule has 2 aromatic carbocycles. The van der Waals surface area contributed by atoms with Gasteiger partial charge in [0.1, 0.15) is 12.3 Å². The molecule has 3 rings (SSSR count). The van der Waals surface area contributed by atoms with Crippen LogP contribution in [0.2, 0.25) is 0 Å². The molecule has 150 valence electrons. The van der Waals surface area contributed by atoms with E-state index in [-0.39, 0.29) is 22.6 Å². The van der Waals surface area contributed by atoms with Crippen molar-refractivity contribution in [3.05, 3.63) is 64.6 Å². The maximum Gasteiger partial charge on any atom is 0.294 e. The molecule has 1 fully saturated rings. The first-order valence-electron chi connectivity index (χ1n) is 9.08. The van der Waals surface area contributed by atoms with Crippen molar-refractivity contribution >= 4 is 40.6 Å². The molecule has 2 aromatic rings. The molecule has 0 spiro atoms. The van der Waals surface area contributed by atoms with Crippen LogP contribution in [0.25, 0.3) is 6.08 Å². The molecule has 0 bridgehead atoms. The van der Waals surface area contributed by atoms with Crippen LogP contribution in [-0.2, 0) is 15.0 Å². The Morgan fingerprint density at radius 2 is 1.69 bits per heavy atom. The molecule has 0 aliphatic carbocycles. The zero-order valence-corrected chi connectivity index (χ0v) is 17.2. The summed E-state index contributed by atoms with van der Waals surface area (Å²) in [5, 5.41) is 11.4. The number of nitrogens with one attached hydrogen (secondary N) is 1. The average Bonchev–Trinajstić information content (AvgIpc) is 2.91. The number of benzene rings is 2. The van der Waals surface area contributed by atoms with Crippen LogP contribution in [0, 0.1) is 0 Å². The summed E-state index contributed by atoms with van der Waals surface area (Å²) < 4.78 is 0. The third kappa shape index (κ3) is 5.06. The Bertz CT molecular complexity index is 973. The fraction of sp³-hybridized carbons (Fsp3) is 0.227. The molecule has 0 saturated carbocycles. The Morgan fingerprint density at radius 3 is 2.28 bits per heavy atom. The van der Waals surface area contributed by atoms with Gasteiger partial charge in [0.15, 0.2) is 0 Å². The molecule has 1 aliphatic heterocycles. The second-order valence-electron chi connectivity index (χ2n) is 7.73. The summed E-state index contributed by atoms with van der Waals surface area (Å²) in [4.78, 5) is 38.2. The Kier molecular flexibility index (Phi) is 5.79.